The third kappa shape index (κ3) is 10.00. The van der Waals surface area contributed by atoms with Crippen molar-refractivity contribution in [2.24, 2.45) is 4.99 Å². The number of ether oxygens (including phenoxy) is 1. The smallest absolute Gasteiger partial charge is 0.213 e. The molecule has 10 heteroatoms. The second kappa shape index (κ2) is 13.4. The number of nitrogens with zero attached hydrogens (tertiary/aromatic N) is 1. The molecule has 0 amide bonds. The van der Waals surface area contributed by atoms with Gasteiger partial charge in [-0.1, -0.05) is 0 Å². The molecule has 1 saturated heterocycles. The third-order valence-corrected chi connectivity index (χ3v) is 7.26. The molecule has 3 unspecified atom stereocenters. The van der Waals surface area contributed by atoms with E-state index in [1.807, 2.05) is 18.7 Å². The standard InChI is InChI=1S/C17H34N4O3S2.HI/c1-3-18-17(21-14-7-8-16(12-14)25-2)19-9-11-26(22,23)20-13-15-6-4-5-10-24-15;/h14-16,20H,3-13H2,1-2H3,(H2,18,19,21);1H. The van der Waals surface area contributed by atoms with Gasteiger partial charge in [-0.15, -0.1) is 24.0 Å². The van der Waals surface area contributed by atoms with Crippen molar-refractivity contribution >= 4 is 51.7 Å². The maximum Gasteiger partial charge on any atom is 0.213 e. The molecule has 1 aliphatic carbocycles. The van der Waals surface area contributed by atoms with Crippen molar-refractivity contribution in [2.45, 2.75) is 62.8 Å². The number of sulfonamides is 1. The molecule has 0 radical (unpaired) electrons. The number of hydrogen-bond acceptors (Lipinski definition) is 5. The Balaban J connectivity index is 0.00000364. The van der Waals surface area contributed by atoms with Crippen LogP contribution < -0.4 is 15.4 Å². The molecule has 160 valence electrons. The summed E-state index contributed by atoms with van der Waals surface area (Å²) in [5, 5.41) is 7.36. The van der Waals surface area contributed by atoms with Crippen LogP contribution in [0, 0.1) is 0 Å². The van der Waals surface area contributed by atoms with Gasteiger partial charge in [-0.25, -0.2) is 13.1 Å². The molecule has 2 rings (SSSR count). The Kier molecular flexibility index (Phi) is 12.6. The van der Waals surface area contributed by atoms with Crippen LogP contribution in [0.1, 0.15) is 45.4 Å². The van der Waals surface area contributed by atoms with Gasteiger partial charge in [0.15, 0.2) is 5.96 Å². The maximum atomic E-state index is 12.2. The van der Waals surface area contributed by atoms with Crippen molar-refractivity contribution in [1.29, 1.82) is 0 Å². The van der Waals surface area contributed by atoms with Gasteiger partial charge in [0.1, 0.15) is 0 Å². The van der Waals surface area contributed by atoms with E-state index in [0.29, 0.717) is 23.8 Å². The fourth-order valence-corrected chi connectivity index (χ4v) is 5.05. The van der Waals surface area contributed by atoms with Gasteiger partial charge >= 0.3 is 0 Å². The second-order valence-corrected chi connectivity index (χ2v) is 9.99. The summed E-state index contributed by atoms with van der Waals surface area (Å²) in [6, 6.07) is 0.420. The first kappa shape index (κ1) is 25.3. The molecule has 7 nitrogen and oxygen atoms in total. The van der Waals surface area contributed by atoms with Crippen molar-refractivity contribution in [3.63, 3.8) is 0 Å². The monoisotopic (exact) mass is 534 g/mol. The van der Waals surface area contributed by atoms with Crippen molar-refractivity contribution in [3.8, 4) is 0 Å². The summed E-state index contributed by atoms with van der Waals surface area (Å²) in [6.07, 6.45) is 8.75. The van der Waals surface area contributed by atoms with Crippen LogP contribution in [0.2, 0.25) is 0 Å². The molecule has 0 aromatic carbocycles. The number of hydrogen-bond donors (Lipinski definition) is 3. The van der Waals surface area contributed by atoms with Gasteiger partial charge in [0.05, 0.1) is 18.4 Å². The van der Waals surface area contributed by atoms with E-state index in [1.54, 1.807) is 0 Å². The number of nitrogens with one attached hydrogen (secondary N) is 3. The van der Waals surface area contributed by atoms with E-state index in [0.717, 1.165) is 45.3 Å². The first-order chi connectivity index (χ1) is 12.5. The summed E-state index contributed by atoms with van der Waals surface area (Å²) in [4.78, 5) is 4.44. The van der Waals surface area contributed by atoms with Gasteiger partial charge in [-0.05, 0) is 51.7 Å². The van der Waals surface area contributed by atoms with E-state index in [1.165, 1.54) is 6.42 Å². The molecular weight excluding hydrogens is 499 g/mol. The lowest BCUT2D eigenvalue weighted by Gasteiger charge is -2.22. The molecular formula is C17H35IN4O3S2. The molecule has 1 saturated carbocycles. The van der Waals surface area contributed by atoms with E-state index in [-0.39, 0.29) is 42.4 Å². The molecule has 27 heavy (non-hydrogen) atoms. The largest absolute Gasteiger partial charge is 0.377 e. The minimum atomic E-state index is -3.33. The van der Waals surface area contributed by atoms with E-state index >= 15 is 0 Å². The van der Waals surface area contributed by atoms with E-state index in [4.69, 9.17) is 4.74 Å². The van der Waals surface area contributed by atoms with Gasteiger partial charge in [0.2, 0.25) is 10.0 Å². The second-order valence-electron chi connectivity index (χ2n) is 6.93. The van der Waals surface area contributed by atoms with Gasteiger partial charge in [0, 0.05) is 31.0 Å². The Morgan fingerprint density at radius 3 is 2.70 bits per heavy atom. The van der Waals surface area contributed by atoms with Crippen LogP contribution >= 0.6 is 35.7 Å². The number of thioether (sulfide) groups is 1. The Morgan fingerprint density at radius 1 is 1.26 bits per heavy atom. The zero-order chi connectivity index (χ0) is 18.8. The lowest BCUT2D eigenvalue weighted by Crippen LogP contribution is -2.43. The van der Waals surface area contributed by atoms with Crippen molar-refractivity contribution in [3.05, 3.63) is 0 Å². The molecule has 1 aliphatic heterocycles. The fraction of sp³-hybridized carbons (Fsp3) is 0.941. The lowest BCUT2D eigenvalue weighted by atomic mass is 10.1. The average molecular weight is 535 g/mol. The third-order valence-electron chi connectivity index (χ3n) is 4.84. The topological polar surface area (TPSA) is 91.8 Å². The summed E-state index contributed by atoms with van der Waals surface area (Å²) in [5.41, 5.74) is 0. The van der Waals surface area contributed by atoms with Crippen molar-refractivity contribution < 1.29 is 13.2 Å². The van der Waals surface area contributed by atoms with Crippen LogP contribution in [-0.2, 0) is 14.8 Å². The molecule has 2 aliphatic rings. The van der Waals surface area contributed by atoms with Crippen LogP contribution in [0.4, 0.5) is 0 Å². The number of rotatable bonds is 9. The molecule has 3 N–H and O–H groups in total. The summed E-state index contributed by atoms with van der Waals surface area (Å²) in [5.74, 6) is 0.707. The van der Waals surface area contributed by atoms with Crippen LogP contribution in [0.3, 0.4) is 0 Å². The van der Waals surface area contributed by atoms with Gasteiger partial charge < -0.3 is 15.4 Å². The quantitative estimate of drug-likeness (QED) is 0.238. The number of halogens is 1. The molecule has 2 fully saturated rings. The minimum absolute atomic E-state index is 0. The molecule has 3 atom stereocenters. The number of aliphatic imine (C=N–C) groups is 1. The van der Waals surface area contributed by atoms with Crippen molar-refractivity contribution in [2.75, 3.05) is 38.2 Å². The highest BCUT2D eigenvalue weighted by Crippen LogP contribution is 2.27. The molecule has 0 spiro atoms. The van der Waals surface area contributed by atoms with E-state index in [9.17, 15) is 8.42 Å². The van der Waals surface area contributed by atoms with Crippen LogP contribution in [0.15, 0.2) is 4.99 Å². The normalized spacial score (nSPS) is 26.4. The zero-order valence-electron chi connectivity index (χ0n) is 16.4. The number of guanidine groups is 1. The Morgan fingerprint density at radius 2 is 2.07 bits per heavy atom. The summed E-state index contributed by atoms with van der Waals surface area (Å²) >= 11 is 1.92. The summed E-state index contributed by atoms with van der Waals surface area (Å²) < 4.78 is 32.5. The summed E-state index contributed by atoms with van der Waals surface area (Å²) in [6.45, 7) is 4.11. The average Bonchev–Trinajstić information content (AvgIpc) is 3.09. The van der Waals surface area contributed by atoms with Crippen LogP contribution in [0.25, 0.3) is 0 Å². The molecule has 1 heterocycles. The Bertz CT molecular complexity index is 542. The molecule has 0 bridgehead atoms. The van der Waals surface area contributed by atoms with Gasteiger partial charge in [-0.2, -0.15) is 11.8 Å². The SMILES string of the molecule is CCNC(=NCCS(=O)(=O)NCC1CCCCO1)NC1CCC(SC)C1.I. The first-order valence-electron chi connectivity index (χ1n) is 9.69. The predicted octanol–water partition coefficient (Wildman–Crippen LogP) is 1.93. The highest BCUT2D eigenvalue weighted by Gasteiger charge is 2.24. The lowest BCUT2D eigenvalue weighted by molar-refractivity contribution is 0.0200. The maximum absolute atomic E-state index is 12.2. The highest BCUT2D eigenvalue weighted by molar-refractivity contribution is 14.0. The van der Waals surface area contributed by atoms with Crippen LogP contribution in [-0.4, -0.2) is 70.0 Å². The van der Waals surface area contributed by atoms with Crippen molar-refractivity contribution in [1.82, 2.24) is 15.4 Å². The first-order valence-corrected chi connectivity index (χ1v) is 12.6. The Labute approximate surface area is 185 Å². The predicted molar refractivity (Wildman–Crippen MR) is 125 cm³/mol. The van der Waals surface area contributed by atoms with E-state index in [2.05, 4.69) is 26.6 Å². The van der Waals surface area contributed by atoms with Crippen LogP contribution in [0.5, 0.6) is 0 Å². The van der Waals surface area contributed by atoms with E-state index < -0.39 is 10.0 Å². The Hall–Kier alpha value is 0.220. The van der Waals surface area contributed by atoms with Gasteiger partial charge in [0.25, 0.3) is 0 Å². The fourth-order valence-electron chi connectivity index (χ4n) is 3.34. The highest BCUT2D eigenvalue weighted by atomic mass is 127. The molecule has 0 aromatic heterocycles. The minimum Gasteiger partial charge on any atom is -0.377 e. The zero-order valence-corrected chi connectivity index (χ0v) is 20.4. The molecule has 0 aromatic rings. The summed E-state index contributed by atoms with van der Waals surface area (Å²) in [7, 11) is -3.33. The van der Waals surface area contributed by atoms with Gasteiger partial charge in [-0.3, -0.25) is 4.99 Å².